The van der Waals surface area contributed by atoms with E-state index >= 15 is 0 Å². The molecule has 32 heavy (non-hydrogen) atoms. The fourth-order valence-corrected chi connectivity index (χ4v) is 4.75. The van der Waals surface area contributed by atoms with Crippen molar-refractivity contribution in [2.45, 2.75) is 38.5 Å². The second-order valence-electron chi connectivity index (χ2n) is 8.38. The van der Waals surface area contributed by atoms with Crippen LogP contribution < -0.4 is 4.74 Å². The molecule has 0 spiro atoms. The van der Waals surface area contributed by atoms with Gasteiger partial charge < -0.3 is 14.8 Å². The summed E-state index contributed by atoms with van der Waals surface area (Å²) in [5.41, 5.74) is 5.71. The number of rotatable bonds is 5. The van der Waals surface area contributed by atoms with Crippen molar-refractivity contribution in [3.63, 3.8) is 0 Å². The number of hydrogen-bond donors (Lipinski definition) is 2. The van der Waals surface area contributed by atoms with Gasteiger partial charge in [0.15, 0.2) is 0 Å². The average molecular weight is 447 g/mol. The van der Waals surface area contributed by atoms with Crippen LogP contribution in [0, 0.1) is 6.92 Å². The number of aromatic nitrogens is 2. The fraction of sp³-hybridized carbons (Fsp3) is 0.231. The highest BCUT2D eigenvalue weighted by molar-refractivity contribution is 6.34. The van der Waals surface area contributed by atoms with Gasteiger partial charge in [0, 0.05) is 5.56 Å². The largest absolute Gasteiger partial charge is 0.478 e. The fourth-order valence-electron chi connectivity index (χ4n) is 4.48. The van der Waals surface area contributed by atoms with Crippen molar-refractivity contribution in [3.8, 4) is 22.9 Å². The molecule has 0 atom stereocenters. The Balaban J connectivity index is 1.43. The number of nitrogens with one attached hydrogen (secondary N) is 1. The SMILES string of the molecule is Cc1ccc(Oc2nc3cc(-c4ccc(C5CCCC5)cc4)c(Cl)cc3[nH]2)cc1C(=O)O. The van der Waals surface area contributed by atoms with Crippen LogP contribution >= 0.6 is 11.6 Å². The lowest BCUT2D eigenvalue weighted by atomic mass is 9.95. The van der Waals surface area contributed by atoms with E-state index in [0.29, 0.717) is 22.3 Å². The first kappa shape index (κ1) is 20.6. The van der Waals surface area contributed by atoms with Crippen molar-refractivity contribution >= 4 is 28.6 Å². The van der Waals surface area contributed by atoms with E-state index in [0.717, 1.165) is 22.2 Å². The van der Waals surface area contributed by atoms with E-state index in [2.05, 4.69) is 34.2 Å². The van der Waals surface area contributed by atoms with Gasteiger partial charge in [-0.1, -0.05) is 54.8 Å². The number of aromatic carboxylic acids is 1. The van der Waals surface area contributed by atoms with Crippen LogP contribution in [-0.2, 0) is 0 Å². The van der Waals surface area contributed by atoms with Gasteiger partial charge in [-0.3, -0.25) is 0 Å². The molecular weight excluding hydrogens is 424 g/mol. The smallest absolute Gasteiger partial charge is 0.336 e. The van der Waals surface area contributed by atoms with Crippen LogP contribution in [0.4, 0.5) is 0 Å². The number of halogens is 1. The molecule has 0 amide bonds. The molecule has 6 heteroatoms. The van der Waals surface area contributed by atoms with Gasteiger partial charge in [-0.15, -0.1) is 0 Å². The molecule has 1 aliphatic rings. The van der Waals surface area contributed by atoms with E-state index in [1.165, 1.54) is 37.3 Å². The molecule has 1 aromatic heterocycles. The second-order valence-corrected chi connectivity index (χ2v) is 8.79. The molecule has 0 radical (unpaired) electrons. The van der Waals surface area contributed by atoms with E-state index in [-0.39, 0.29) is 11.6 Å². The van der Waals surface area contributed by atoms with E-state index < -0.39 is 5.97 Å². The van der Waals surface area contributed by atoms with E-state index in [9.17, 15) is 9.90 Å². The highest BCUT2D eigenvalue weighted by Crippen LogP contribution is 2.37. The van der Waals surface area contributed by atoms with Crippen molar-refractivity contribution in [2.24, 2.45) is 0 Å². The lowest BCUT2D eigenvalue weighted by Gasteiger charge is -2.11. The van der Waals surface area contributed by atoms with Crippen molar-refractivity contribution < 1.29 is 14.6 Å². The first-order chi connectivity index (χ1) is 15.5. The minimum absolute atomic E-state index is 0.199. The number of carbonyl (C=O) groups is 1. The highest BCUT2D eigenvalue weighted by atomic mass is 35.5. The van der Waals surface area contributed by atoms with Crippen LogP contribution in [0.3, 0.4) is 0 Å². The Hall–Kier alpha value is -3.31. The summed E-state index contributed by atoms with van der Waals surface area (Å²) in [6, 6.07) is 17.7. The average Bonchev–Trinajstić information content (AvgIpc) is 3.44. The highest BCUT2D eigenvalue weighted by Gasteiger charge is 2.17. The summed E-state index contributed by atoms with van der Waals surface area (Å²) in [5, 5.41) is 9.95. The second kappa shape index (κ2) is 8.32. The first-order valence-electron chi connectivity index (χ1n) is 10.8. The molecular formula is C26H23ClN2O3. The lowest BCUT2D eigenvalue weighted by Crippen LogP contribution is -2.00. The monoisotopic (exact) mass is 446 g/mol. The minimum Gasteiger partial charge on any atom is -0.478 e. The number of fused-ring (bicyclic) bond motifs is 1. The summed E-state index contributed by atoms with van der Waals surface area (Å²) in [5.74, 6) is 0.0882. The normalized spacial score (nSPS) is 14.2. The Bertz CT molecular complexity index is 1300. The molecule has 2 N–H and O–H groups in total. The van der Waals surface area contributed by atoms with E-state index in [1.807, 2.05) is 12.1 Å². The summed E-state index contributed by atoms with van der Waals surface area (Å²) in [4.78, 5) is 19.0. The Labute approximate surface area is 191 Å². The third kappa shape index (κ3) is 3.96. The number of ether oxygens (including phenoxy) is 1. The van der Waals surface area contributed by atoms with Crippen molar-refractivity contribution in [3.05, 3.63) is 76.3 Å². The Morgan fingerprint density at radius 1 is 1.09 bits per heavy atom. The summed E-state index contributed by atoms with van der Waals surface area (Å²) in [6.45, 7) is 1.75. The zero-order chi connectivity index (χ0) is 22.2. The van der Waals surface area contributed by atoms with Gasteiger partial charge in [-0.25, -0.2) is 4.79 Å². The third-order valence-corrected chi connectivity index (χ3v) is 6.56. The minimum atomic E-state index is -0.993. The van der Waals surface area contributed by atoms with Gasteiger partial charge in [0.25, 0.3) is 6.01 Å². The van der Waals surface area contributed by atoms with Gasteiger partial charge in [0.1, 0.15) is 5.75 Å². The number of aryl methyl sites for hydroxylation is 1. The van der Waals surface area contributed by atoms with Crippen molar-refractivity contribution in [1.29, 1.82) is 0 Å². The maximum absolute atomic E-state index is 11.4. The molecule has 1 fully saturated rings. The summed E-state index contributed by atoms with van der Waals surface area (Å²) in [6.07, 6.45) is 5.19. The third-order valence-electron chi connectivity index (χ3n) is 6.25. The molecule has 5 rings (SSSR count). The first-order valence-corrected chi connectivity index (χ1v) is 11.2. The van der Waals surface area contributed by atoms with Crippen molar-refractivity contribution in [1.82, 2.24) is 9.97 Å². The molecule has 5 nitrogen and oxygen atoms in total. The zero-order valence-corrected chi connectivity index (χ0v) is 18.4. The number of carboxylic acid groups (broad SMARTS) is 1. The summed E-state index contributed by atoms with van der Waals surface area (Å²) in [7, 11) is 0. The van der Waals surface area contributed by atoms with Crippen LogP contribution in [0.1, 0.15) is 53.1 Å². The van der Waals surface area contributed by atoms with Gasteiger partial charge >= 0.3 is 5.97 Å². The lowest BCUT2D eigenvalue weighted by molar-refractivity contribution is 0.0695. The van der Waals surface area contributed by atoms with Crippen LogP contribution in [0.15, 0.2) is 54.6 Å². The number of carboxylic acids is 1. The topological polar surface area (TPSA) is 75.2 Å². The number of hydrogen-bond acceptors (Lipinski definition) is 3. The summed E-state index contributed by atoms with van der Waals surface area (Å²) >= 11 is 6.59. The van der Waals surface area contributed by atoms with Gasteiger partial charge in [-0.05, 0) is 66.6 Å². The van der Waals surface area contributed by atoms with Crippen LogP contribution in [0.2, 0.25) is 5.02 Å². The number of aromatic amines is 1. The van der Waals surface area contributed by atoms with Crippen LogP contribution in [0.5, 0.6) is 11.8 Å². The standard InChI is InChI=1S/C26H23ClN2O3/c1-15-6-11-19(12-20(15)25(30)31)32-26-28-23-13-21(22(27)14-24(23)29-26)18-9-7-17(8-10-18)16-4-2-3-5-16/h6-14,16H,2-5H2,1H3,(H,28,29)(H,30,31). The molecule has 0 saturated heterocycles. The van der Waals surface area contributed by atoms with Crippen LogP contribution in [-0.4, -0.2) is 21.0 Å². The maximum atomic E-state index is 11.4. The molecule has 0 unspecified atom stereocenters. The molecule has 0 bridgehead atoms. The van der Waals surface area contributed by atoms with Crippen LogP contribution in [0.25, 0.3) is 22.2 Å². The Morgan fingerprint density at radius 3 is 2.56 bits per heavy atom. The van der Waals surface area contributed by atoms with E-state index in [1.54, 1.807) is 19.1 Å². The molecule has 1 heterocycles. The predicted octanol–water partition coefficient (Wildman–Crippen LogP) is 7.34. The quantitative estimate of drug-likeness (QED) is 0.336. The summed E-state index contributed by atoms with van der Waals surface area (Å²) < 4.78 is 5.79. The number of nitrogens with zero attached hydrogens (tertiary/aromatic N) is 1. The Kier molecular flexibility index (Phi) is 5.35. The maximum Gasteiger partial charge on any atom is 0.336 e. The molecule has 1 aliphatic carbocycles. The molecule has 3 aromatic carbocycles. The van der Waals surface area contributed by atoms with Gasteiger partial charge in [0.05, 0.1) is 21.6 Å². The molecule has 4 aromatic rings. The Morgan fingerprint density at radius 2 is 1.84 bits per heavy atom. The zero-order valence-electron chi connectivity index (χ0n) is 17.7. The molecule has 162 valence electrons. The van der Waals surface area contributed by atoms with Crippen molar-refractivity contribution in [2.75, 3.05) is 0 Å². The van der Waals surface area contributed by atoms with E-state index in [4.69, 9.17) is 16.3 Å². The number of imidazole rings is 1. The molecule has 1 saturated carbocycles. The van der Waals surface area contributed by atoms with Gasteiger partial charge in [0.2, 0.25) is 0 Å². The predicted molar refractivity (Wildman–Crippen MR) is 126 cm³/mol. The number of benzene rings is 3. The van der Waals surface area contributed by atoms with Gasteiger partial charge in [-0.2, -0.15) is 4.98 Å². The molecule has 0 aliphatic heterocycles. The number of H-pyrrole nitrogens is 1.